The van der Waals surface area contributed by atoms with Crippen LogP contribution in [0.15, 0.2) is 18.3 Å². The number of carbonyl (C=O) groups excluding carboxylic acids is 1. The highest BCUT2D eigenvalue weighted by Gasteiger charge is 2.39. The third-order valence-corrected chi connectivity index (χ3v) is 4.09. The van der Waals surface area contributed by atoms with Crippen molar-refractivity contribution in [3.8, 4) is 0 Å². The molecule has 5 heteroatoms. The molecule has 1 amide bonds. The maximum atomic E-state index is 12.1. The van der Waals surface area contributed by atoms with Crippen LogP contribution in [0.3, 0.4) is 0 Å². The third kappa shape index (κ3) is 2.87. The number of nitrogens with zero attached hydrogens (tertiary/aromatic N) is 2. The van der Waals surface area contributed by atoms with E-state index < -0.39 is 0 Å². The lowest BCUT2D eigenvalue weighted by Crippen LogP contribution is -2.57. The van der Waals surface area contributed by atoms with E-state index in [1.54, 1.807) is 12.3 Å². The van der Waals surface area contributed by atoms with Crippen LogP contribution < -0.4 is 10.6 Å². The summed E-state index contributed by atoms with van der Waals surface area (Å²) in [5.41, 5.74) is 1.49. The summed E-state index contributed by atoms with van der Waals surface area (Å²) in [6.07, 6.45) is 5.17. The van der Waals surface area contributed by atoms with Gasteiger partial charge in [0.15, 0.2) is 0 Å². The number of aromatic nitrogens is 1. The minimum atomic E-state index is -0.106. The van der Waals surface area contributed by atoms with Gasteiger partial charge in [0.25, 0.3) is 5.91 Å². The van der Waals surface area contributed by atoms with Gasteiger partial charge in [-0.15, -0.1) is 0 Å². The zero-order valence-electron chi connectivity index (χ0n) is 11.9. The van der Waals surface area contributed by atoms with Crippen LogP contribution in [0, 0.1) is 0 Å². The molecule has 5 nitrogen and oxygen atoms in total. The second-order valence-corrected chi connectivity index (χ2v) is 5.33. The lowest BCUT2D eigenvalue weighted by molar-refractivity contribution is 0.0556. The number of pyridine rings is 1. The Hall–Kier alpha value is -1.62. The first-order chi connectivity index (χ1) is 9.07. The van der Waals surface area contributed by atoms with Crippen molar-refractivity contribution >= 4 is 11.6 Å². The lowest BCUT2D eigenvalue weighted by atomic mass is 9.75. The summed E-state index contributed by atoms with van der Waals surface area (Å²) in [6.45, 7) is 0.685. The maximum absolute atomic E-state index is 12.1. The summed E-state index contributed by atoms with van der Waals surface area (Å²) >= 11 is 0. The molecule has 0 atom stereocenters. The summed E-state index contributed by atoms with van der Waals surface area (Å²) in [5, 5.41) is 6.01. The monoisotopic (exact) mass is 262 g/mol. The number of hydrogen-bond donors (Lipinski definition) is 2. The molecule has 1 aromatic rings. The Kier molecular flexibility index (Phi) is 4.04. The molecule has 19 heavy (non-hydrogen) atoms. The standard InChI is InChI=1S/C14H22N4O/c1-15-11-5-8-16-12(9-11)13(19)17-10-14(18(2)3)6-4-7-14/h5,8-9H,4,6-7,10H2,1-3H3,(H,15,16)(H,17,19). The van der Waals surface area contributed by atoms with Crippen LogP contribution in [0.5, 0.6) is 0 Å². The maximum Gasteiger partial charge on any atom is 0.270 e. The van der Waals surface area contributed by atoms with Crippen molar-refractivity contribution in [1.29, 1.82) is 0 Å². The number of nitrogens with one attached hydrogen (secondary N) is 2. The van der Waals surface area contributed by atoms with Crippen LogP contribution in [0.1, 0.15) is 29.8 Å². The molecule has 1 aliphatic carbocycles. The van der Waals surface area contributed by atoms with Gasteiger partial charge in [-0.1, -0.05) is 0 Å². The fraction of sp³-hybridized carbons (Fsp3) is 0.571. The molecular formula is C14H22N4O. The SMILES string of the molecule is CNc1ccnc(C(=O)NCC2(N(C)C)CCC2)c1. The van der Waals surface area contributed by atoms with E-state index in [4.69, 9.17) is 0 Å². The van der Waals surface area contributed by atoms with Crippen LogP contribution in [-0.2, 0) is 0 Å². The minimum absolute atomic E-state index is 0.106. The van der Waals surface area contributed by atoms with Crippen molar-refractivity contribution in [1.82, 2.24) is 15.2 Å². The van der Waals surface area contributed by atoms with E-state index >= 15 is 0 Å². The Morgan fingerprint density at radius 3 is 2.74 bits per heavy atom. The van der Waals surface area contributed by atoms with Crippen molar-refractivity contribution in [2.45, 2.75) is 24.8 Å². The van der Waals surface area contributed by atoms with Crippen LogP contribution in [0.2, 0.25) is 0 Å². The van der Waals surface area contributed by atoms with Crippen LogP contribution in [-0.4, -0.2) is 49.0 Å². The largest absolute Gasteiger partial charge is 0.388 e. The highest BCUT2D eigenvalue weighted by atomic mass is 16.1. The van der Waals surface area contributed by atoms with Gasteiger partial charge in [-0.2, -0.15) is 0 Å². The third-order valence-electron chi connectivity index (χ3n) is 4.09. The van der Waals surface area contributed by atoms with E-state index in [1.807, 2.05) is 13.1 Å². The lowest BCUT2D eigenvalue weighted by Gasteiger charge is -2.47. The molecule has 1 fully saturated rings. The average molecular weight is 262 g/mol. The molecule has 0 spiro atoms. The zero-order valence-corrected chi connectivity index (χ0v) is 11.9. The van der Waals surface area contributed by atoms with Crippen LogP contribution in [0.25, 0.3) is 0 Å². The Bertz CT molecular complexity index is 455. The van der Waals surface area contributed by atoms with Gasteiger partial charge in [0.1, 0.15) is 5.69 Å². The second kappa shape index (κ2) is 5.57. The van der Waals surface area contributed by atoms with E-state index in [0.29, 0.717) is 12.2 Å². The van der Waals surface area contributed by atoms with E-state index in [-0.39, 0.29) is 11.4 Å². The molecule has 0 radical (unpaired) electrons. The predicted octanol–water partition coefficient (Wildman–Crippen LogP) is 1.34. The van der Waals surface area contributed by atoms with Gasteiger partial charge in [0, 0.05) is 31.0 Å². The van der Waals surface area contributed by atoms with Gasteiger partial charge < -0.3 is 15.5 Å². The van der Waals surface area contributed by atoms with Gasteiger partial charge >= 0.3 is 0 Å². The molecule has 0 aromatic carbocycles. The molecule has 1 saturated carbocycles. The van der Waals surface area contributed by atoms with Crippen LogP contribution in [0.4, 0.5) is 5.69 Å². The highest BCUT2D eigenvalue weighted by Crippen LogP contribution is 2.35. The summed E-state index contributed by atoms with van der Waals surface area (Å²) in [7, 11) is 5.98. The highest BCUT2D eigenvalue weighted by molar-refractivity contribution is 5.93. The quantitative estimate of drug-likeness (QED) is 0.840. The predicted molar refractivity (Wildman–Crippen MR) is 76.4 cm³/mol. The molecule has 2 N–H and O–H groups in total. The average Bonchev–Trinajstić information content (AvgIpc) is 2.37. The summed E-state index contributed by atoms with van der Waals surface area (Å²) in [4.78, 5) is 18.4. The summed E-state index contributed by atoms with van der Waals surface area (Å²) in [5.74, 6) is -0.106. The molecule has 1 aromatic heterocycles. The summed E-state index contributed by atoms with van der Waals surface area (Å²) < 4.78 is 0. The fourth-order valence-electron chi connectivity index (χ4n) is 2.41. The molecular weight excluding hydrogens is 240 g/mol. The smallest absolute Gasteiger partial charge is 0.270 e. The molecule has 0 unspecified atom stereocenters. The van der Waals surface area contributed by atoms with Gasteiger partial charge in [0.05, 0.1) is 0 Å². The van der Waals surface area contributed by atoms with Gasteiger partial charge in [0.2, 0.25) is 0 Å². The topological polar surface area (TPSA) is 57.3 Å². The zero-order chi connectivity index (χ0) is 13.9. The van der Waals surface area contributed by atoms with Gasteiger partial charge in [-0.3, -0.25) is 9.78 Å². The number of likely N-dealkylation sites (N-methyl/N-ethyl adjacent to an activating group) is 1. The molecule has 0 aliphatic heterocycles. The van der Waals surface area contributed by atoms with Crippen molar-refractivity contribution < 1.29 is 4.79 Å². The number of hydrogen-bond acceptors (Lipinski definition) is 4. The molecule has 104 valence electrons. The molecule has 1 aliphatic rings. The first kappa shape index (κ1) is 13.8. The van der Waals surface area contributed by atoms with Crippen LogP contribution >= 0.6 is 0 Å². The van der Waals surface area contributed by atoms with Gasteiger partial charge in [-0.25, -0.2) is 0 Å². The first-order valence-electron chi connectivity index (χ1n) is 6.67. The number of anilines is 1. The Balaban J connectivity index is 1.97. The van der Waals surface area contributed by atoms with E-state index in [0.717, 1.165) is 18.5 Å². The number of amides is 1. The molecule has 0 bridgehead atoms. The van der Waals surface area contributed by atoms with Crippen molar-refractivity contribution in [2.75, 3.05) is 33.0 Å². The van der Waals surface area contributed by atoms with Gasteiger partial charge in [-0.05, 0) is 45.5 Å². The Morgan fingerprint density at radius 2 is 2.21 bits per heavy atom. The number of carbonyl (C=O) groups is 1. The molecule has 1 heterocycles. The normalized spacial score (nSPS) is 16.8. The fourth-order valence-corrected chi connectivity index (χ4v) is 2.41. The Labute approximate surface area is 114 Å². The second-order valence-electron chi connectivity index (χ2n) is 5.33. The van der Waals surface area contributed by atoms with E-state index in [2.05, 4.69) is 34.6 Å². The Morgan fingerprint density at radius 1 is 1.47 bits per heavy atom. The minimum Gasteiger partial charge on any atom is -0.388 e. The van der Waals surface area contributed by atoms with E-state index in [1.165, 1.54) is 6.42 Å². The first-order valence-corrected chi connectivity index (χ1v) is 6.67. The summed E-state index contributed by atoms with van der Waals surface area (Å²) in [6, 6.07) is 3.60. The molecule has 2 rings (SSSR count). The van der Waals surface area contributed by atoms with Crippen molar-refractivity contribution in [2.24, 2.45) is 0 Å². The van der Waals surface area contributed by atoms with Crippen molar-refractivity contribution in [3.63, 3.8) is 0 Å². The van der Waals surface area contributed by atoms with Crippen molar-refractivity contribution in [3.05, 3.63) is 24.0 Å². The molecule has 0 saturated heterocycles. The van der Waals surface area contributed by atoms with E-state index in [9.17, 15) is 4.79 Å². The number of rotatable bonds is 5.